The Kier molecular flexibility index (Phi) is 11.8. The third-order valence-corrected chi connectivity index (χ3v) is 9.08. The van der Waals surface area contributed by atoms with Crippen molar-refractivity contribution in [3.8, 4) is 5.75 Å². The molecule has 10 nitrogen and oxygen atoms in total. The monoisotopic (exact) mass is 736 g/mol. The number of aliphatic imine (C=N–C) groups is 1. The largest absolute Gasteiger partial charge is 0.494 e. The SMILES string of the molecule is [N-]=[N+]=NCc1ccccc1[C@@H]1OC(c2ccc(OCCCO)cc2)=N[C@]1(Cc1ccccc1Br)C(=O)NNCc1ccc(Cl)c(Cl)c1. The van der Waals surface area contributed by atoms with Gasteiger partial charge in [-0.1, -0.05) is 92.8 Å². The van der Waals surface area contributed by atoms with E-state index in [-0.39, 0.29) is 32.0 Å². The zero-order chi connectivity index (χ0) is 33.2. The molecule has 5 rings (SSSR count). The molecule has 0 saturated heterocycles. The van der Waals surface area contributed by atoms with Gasteiger partial charge in [-0.05, 0) is 70.2 Å². The Hall–Kier alpha value is -4.09. The maximum Gasteiger partial charge on any atom is 0.266 e. The van der Waals surface area contributed by atoms with Crippen LogP contribution in [0.5, 0.6) is 5.75 Å². The summed E-state index contributed by atoms with van der Waals surface area (Å²) in [5.74, 6) is 0.457. The minimum absolute atomic E-state index is 0.0370. The van der Waals surface area contributed by atoms with Crippen molar-refractivity contribution in [3.63, 3.8) is 0 Å². The highest BCUT2D eigenvalue weighted by Crippen LogP contribution is 2.44. The van der Waals surface area contributed by atoms with Crippen molar-refractivity contribution in [1.82, 2.24) is 10.9 Å². The van der Waals surface area contributed by atoms with Gasteiger partial charge in [0.1, 0.15) is 5.75 Å². The first kappa shape index (κ1) is 34.3. The number of ether oxygens (including phenoxy) is 2. The minimum Gasteiger partial charge on any atom is -0.494 e. The molecule has 0 unspecified atom stereocenters. The highest BCUT2D eigenvalue weighted by molar-refractivity contribution is 9.10. The molecule has 1 aliphatic rings. The van der Waals surface area contributed by atoms with Crippen LogP contribution in [0.4, 0.5) is 0 Å². The molecule has 1 heterocycles. The van der Waals surface area contributed by atoms with Crippen molar-refractivity contribution in [2.24, 2.45) is 10.1 Å². The number of azide groups is 1. The summed E-state index contributed by atoms with van der Waals surface area (Å²) in [6.07, 6.45) is -0.219. The van der Waals surface area contributed by atoms with E-state index in [2.05, 4.69) is 36.8 Å². The summed E-state index contributed by atoms with van der Waals surface area (Å²) in [6, 6.07) is 27.4. The van der Waals surface area contributed by atoms with Crippen LogP contribution in [0.15, 0.2) is 106 Å². The first-order valence-electron chi connectivity index (χ1n) is 14.7. The average Bonchev–Trinajstić information content (AvgIpc) is 3.47. The lowest BCUT2D eigenvalue weighted by Gasteiger charge is -2.32. The number of aliphatic hydroxyl groups excluding tert-OH is 1. The fraction of sp³-hybridized carbons (Fsp3) is 0.235. The quantitative estimate of drug-likeness (QED) is 0.0401. The first-order chi connectivity index (χ1) is 22.8. The third kappa shape index (κ3) is 8.26. The number of benzene rings is 4. The lowest BCUT2D eigenvalue weighted by atomic mass is 9.80. The topological polar surface area (TPSA) is 141 Å². The van der Waals surface area contributed by atoms with E-state index < -0.39 is 17.6 Å². The van der Waals surface area contributed by atoms with Crippen LogP contribution in [-0.4, -0.2) is 35.7 Å². The second-order valence-electron chi connectivity index (χ2n) is 10.7. The van der Waals surface area contributed by atoms with Crippen LogP contribution in [-0.2, 0) is 29.0 Å². The van der Waals surface area contributed by atoms with Crippen molar-refractivity contribution in [1.29, 1.82) is 0 Å². The van der Waals surface area contributed by atoms with Crippen LogP contribution < -0.4 is 15.6 Å². The van der Waals surface area contributed by atoms with Crippen molar-refractivity contribution >= 4 is 50.9 Å². The molecule has 3 N–H and O–H groups in total. The Morgan fingerprint density at radius 2 is 1.79 bits per heavy atom. The number of rotatable bonds is 14. The van der Waals surface area contributed by atoms with Gasteiger partial charge in [-0.2, -0.15) is 0 Å². The van der Waals surface area contributed by atoms with E-state index in [9.17, 15) is 4.79 Å². The number of aliphatic hydroxyl groups is 1. The van der Waals surface area contributed by atoms with Crippen molar-refractivity contribution in [2.45, 2.75) is 37.6 Å². The van der Waals surface area contributed by atoms with Gasteiger partial charge in [0.15, 0.2) is 11.6 Å². The molecular formula is C34H31BrCl2N6O4. The molecule has 0 saturated carbocycles. The predicted octanol–water partition coefficient (Wildman–Crippen LogP) is 7.65. The van der Waals surface area contributed by atoms with Crippen LogP contribution >= 0.6 is 39.1 Å². The van der Waals surface area contributed by atoms with E-state index in [1.165, 1.54) is 0 Å². The summed E-state index contributed by atoms with van der Waals surface area (Å²) in [4.78, 5) is 22.5. The second kappa shape index (κ2) is 16.1. The number of nitrogens with zero attached hydrogens (tertiary/aromatic N) is 4. The maximum absolute atomic E-state index is 14.5. The molecule has 1 aliphatic heterocycles. The molecular weight excluding hydrogens is 707 g/mol. The molecule has 4 aromatic rings. The highest BCUT2D eigenvalue weighted by atomic mass is 79.9. The molecule has 0 aliphatic carbocycles. The Morgan fingerprint density at radius 3 is 2.51 bits per heavy atom. The lowest BCUT2D eigenvalue weighted by Crippen LogP contribution is -2.53. The van der Waals surface area contributed by atoms with Crippen molar-refractivity contribution in [3.05, 3.63) is 144 Å². The Morgan fingerprint density at radius 1 is 1.04 bits per heavy atom. The van der Waals surface area contributed by atoms with E-state index in [1.54, 1.807) is 24.3 Å². The summed E-state index contributed by atoms with van der Waals surface area (Å²) >= 11 is 15.9. The average molecular weight is 738 g/mol. The lowest BCUT2D eigenvalue weighted by molar-refractivity contribution is -0.130. The number of amides is 1. The molecule has 0 fully saturated rings. The highest BCUT2D eigenvalue weighted by Gasteiger charge is 2.54. The predicted molar refractivity (Wildman–Crippen MR) is 185 cm³/mol. The van der Waals surface area contributed by atoms with Crippen LogP contribution in [0.3, 0.4) is 0 Å². The van der Waals surface area contributed by atoms with Crippen LogP contribution in [0.25, 0.3) is 10.4 Å². The summed E-state index contributed by atoms with van der Waals surface area (Å²) in [5, 5.41) is 13.7. The molecule has 4 aromatic carbocycles. The van der Waals surface area contributed by atoms with Gasteiger partial charge in [-0.15, -0.1) is 0 Å². The fourth-order valence-corrected chi connectivity index (χ4v) is 5.96. The molecule has 0 radical (unpaired) electrons. The molecule has 0 aromatic heterocycles. The number of nitrogens with one attached hydrogen (secondary N) is 2. The molecule has 0 bridgehead atoms. The molecule has 242 valence electrons. The number of hydrazine groups is 1. The summed E-state index contributed by atoms with van der Waals surface area (Å²) in [7, 11) is 0. The van der Waals surface area contributed by atoms with Gasteiger partial charge in [-0.25, -0.2) is 10.4 Å². The van der Waals surface area contributed by atoms with Gasteiger partial charge in [0.2, 0.25) is 5.90 Å². The zero-order valence-electron chi connectivity index (χ0n) is 25.1. The van der Waals surface area contributed by atoms with E-state index in [0.29, 0.717) is 45.5 Å². The second-order valence-corrected chi connectivity index (χ2v) is 12.4. The van der Waals surface area contributed by atoms with Crippen LogP contribution in [0, 0.1) is 0 Å². The number of halogens is 3. The molecule has 1 amide bonds. The summed E-state index contributed by atoms with van der Waals surface area (Å²) in [6.45, 7) is 0.738. The number of carbonyl (C=O) groups excluding carboxylic acids is 1. The van der Waals surface area contributed by atoms with E-state index in [1.807, 2.05) is 66.7 Å². The smallest absolute Gasteiger partial charge is 0.266 e. The van der Waals surface area contributed by atoms with Gasteiger partial charge >= 0.3 is 0 Å². The Balaban J connectivity index is 1.57. The van der Waals surface area contributed by atoms with Gasteiger partial charge < -0.3 is 14.6 Å². The molecule has 0 spiro atoms. The minimum atomic E-state index is -1.51. The number of hydrogen-bond donors (Lipinski definition) is 3. The van der Waals surface area contributed by atoms with E-state index >= 15 is 0 Å². The number of hydrogen-bond acceptors (Lipinski definition) is 7. The Bertz CT molecular complexity index is 1800. The van der Waals surface area contributed by atoms with Gasteiger partial charge in [0.25, 0.3) is 5.91 Å². The molecule has 47 heavy (non-hydrogen) atoms. The van der Waals surface area contributed by atoms with Gasteiger partial charge in [0.05, 0.1) is 23.2 Å². The first-order valence-corrected chi connectivity index (χ1v) is 16.3. The Labute approximate surface area is 290 Å². The third-order valence-electron chi connectivity index (χ3n) is 7.57. The summed E-state index contributed by atoms with van der Waals surface area (Å²) < 4.78 is 13.2. The van der Waals surface area contributed by atoms with E-state index in [0.717, 1.165) is 15.6 Å². The standard InChI is InChI=1S/C34H31BrCl2N6O4/c35-28-9-4-2-6-24(28)19-34(33(45)42-39-20-22-10-15-29(36)30(37)18-22)31(27-8-3-1-7-25(27)21-40-43-38)47-32(41-34)23-11-13-26(14-12-23)46-17-5-16-44/h1-4,6-15,18,31,39,44H,5,16-17,19-21H2,(H,42,45)/t31-,34-/m0/s1. The number of carbonyl (C=O) groups is 1. The van der Waals surface area contributed by atoms with Gasteiger partial charge in [-0.3, -0.25) is 10.2 Å². The van der Waals surface area contributed by atoms with Crippen LogP contribution in [0.1, 0.15) is 40.3 Å². The van der Waals surface area contributed by atoms with Gasteiger partial charge in [0, 0.05) is 40.9 Å². The van der Waals surface area contributed by atoms with Crippen LogP contribution in [0.2, 0.25) is 10.0 Å². The van der Waals surface area contributed by atoms with Crippen molar-refractivity contribution in [2.75, 3.05) is 13.2 Å². The maximum atomic E-state index is 14.5. The fourth-order valence-electron chi connectivity index (χ4n) is 5.22. The molecule has 13 heteroatoms. The molecule has 2 atom stereocenters. The zero-order valence-corrected chi connectivity index (χ0v) is 28.2. The van der Waals surface area contributed by atoms with E-state index in [4.69, 9.17) is 48.3 Å². The summed E-state index contributed by atoms with van der Waals surface area (Å²) in [5.41, 5.74) is 17.1. The normalized spacial score (nSPS) is 16.9. The van der Waals surface area contributed by atoms with Crippen molar-refractivity contribution < 1.29 is 19.4 Å².